The largest absolute Gasteiger partial charge is 0.462 e. The number of hydrogen-bond donors (Lipinski definition) is 1. The van der Waals surface area contributed by atoms with E-state index in [2.05, 4.69) is 0 Å². The standard InChI is InChI=1S/C9H13NO5S2/c1-14-3-2-4-15-9(11)7-5-8(16-6-7)17(10,12)13/h5-6H,2-4H2,1H3,(H2,10,12,13). The van der Waals surface area contributed by atoms with E-state index in [1.165, 1.54) is 11.4 Å². The third-order valence-corrected chi connectivity index (χ3v) is 4.20. The fraction of sp³-hybridized carbons (Fsp3) is 0.444. The summed E-state index contributed by atoms with van der Waals surface area (Å²) in [4.78, 5) is 11.5. The van der Waals surface area contributed by atoms with E-state index in [4.69, 9.17) is 14.6 Å². The number of rotatable bonds is 6. The third-order valence-electron chi connectivity index (χ3n) is 1.82. The number of carbonyl (C=O) groups excluding carboxylic acids is 1. The minimum Gasteiger partial charge on any atom is -0.462 e. The summed E-state index contributed by atoms with van der Waals surface area (Å²) in [6.45, 7) is 0.729. The second-order valence-corrected chi connectivity index (χ2v) is 5.88. The second kappa shape index (κ2) is 6.10. The summed E-state index contributed by atoms with van der Waals surface area (Å²) in [5.74, 6) is -0.563. The molecule has 6 nitrogen and oxygen atoms in total. The summed E-state index contributed by atoms with van der Waals surface area (Å²) in [6.07, 6.45) is 0.592. The Balaban J connectivity index is 2.56. The smallest absolute Gasteiger partial charge is 0.339 e. The van der Waals surface area contributed by atoms with Crippen molar-refractivity contribution in [2.75, 3.05) is 20.3 Å². The van der Waals surface area contributed by atoms with E-state index in [-0.39, 0.29) is 16.4 Å². The number of primary sulfonamides is 1. The lowest BCUT2D eigenvalue weighted by molar-refractivity contribution is 0.0469. The van der Waals surface area contributed by atoms with Gasteiger partial charge in [-0.3, -0.25) is 0 Å². The summed E-state index contributed by atoms with van der Waals surface area (Å²) in [6, 6.07) is 1.21. The summed E-state index contributed by atoms with van der Waals surface area (Å²) >= 11 is 0.890. The fourth-order valence-electron chi connectivity index (χ4n) is 1.02. The second-order valence-electron chi connectivity index (χ2n) is 3.18. The first kappa shape index (κ1) is 14.1. The predicted molar refractivity (Wildman–Crippen MR) is 62.5 cm³/mol. The molecule has 96 valence electrons. The van der Waals surface area contributed by atoms with Crippen LogP contribution in [0.2, 0.25) is 0 Å². The van der Waals surface area contributed by atoms with Crippen LogP contribution in [-0.2, 0) is 19.5 Å². The zero-order valence-electron chi connectivity index (χ0n) is 9.21. The van der Waals surface area contributed by atoms with Gasteiger partial charge < -0.3 is 9.47 Å². The van der Waals surface area contributed by atoms with Gasteiger partial charge in [0.05, 0.1) is 12.2 Å². The van der Waals surface area contributed by atoms with Crippen molar-refractivity contribution in [1.82, 2.24) is 0 Å². The van der Waals surface area contributed by atoms with Crippen molar-refractivity contribution in [3.05, 3.63) is 17.0 Å². The molecule has 1 heterocycles. The number of methoxy groups -OCH3 is 1. The van der Waals surface area contributed by atoms with Gasteiger partial charge in [-0.2, -0.15) is 0 Å². The third kappa shape index (κ3) is 4.43. The molecule has 0 saturated carbocycles. The first-order valence-electron chi connectivity index (χ1n) is 4.72. The summed E-state index contributed by atoms with van der Waals surface area (Å²) in [5.41, 5.74) is 0.191. The molecule has 17 heavy (non-hydrogen) atoms. The van der Waals surface area contributed by atoms with Crippen molar-refractivity contribution in [3.8, 4) is 0 Å². The van der Waals surface area contributed by atoms with Gasteiger partial charge in [0.15, 0.2) is 0 Å². The summed E-state index contributed by atoms with van der Waals surface area (Å²) < 4.78 is 31.6. The Hall–Kier alpha value is -0.960. The molecule has 0 fully saturated rings. The van der Waals surface area contributed by atoms with Gasteiger partial charge in [0, 0.05) is 25.5 Å². The predicted octanol–water partition coefficient (Wildman–Crippen LogP) is 0.589. The Kier molecular flexibility index (Phi) is 5.06. The molecule has 1 rings (SSSR count). The maximum absolute atomic E-state index is 11.5. The van der Waals surface area contributed by atoms with E-state index in [0.717, 1.165) is 11.3 Å². The van der Waals surface area contributed by atoms with E-state index in [1.807, 2.05) is 0 Å². The lowest BCUT2D eigenvalue weighted by Gasteiger charge is -2.02. The molecular formula is C9H13NO5S2. The lowest BCUT2D eigenvalue weighted by atomic mass is 10.3. The summed E-state index contributed by atoms with van der Waals surface area (Å²) in [7, 11) is -2.20. The highest BCUT2D eigenvalue weighted by Gasteiger charge is 2.15. The minimum atomic E-state index is -3.75. The van der Waals surface area contributed by atoms with Crippen molar-refractivity contribution in [2.24, 2.45) is 5.14 Å². The zero-order valence-corrected chi connectivity index (χ0v) is 10.8. The Morgan fingerprint density at radius 1 is 1.47 bits per heavy atom. The van der Waals surface area contributed by atoms with E-state index >= 15 is 0 Å². The highest BCUT2D eigenvalue weighted by Crippen LogP contribution is 2.19. The highest BCUT2D eigenvalue weighted by molar-refractivity contribution is 7.91. The molecular weight excluding hydrogens is 266 g/mol. The minimum absolute atomic E-state index is 0.0543. The molecule has 0 amide bonds. The van der Waals surface area contributed by atoms with Crippen LogP contribution in [0.1, 0.15) is 16.8 Å². The van der Waals surface area contributed by atoms with Gasteiger partial charge in [0.25, 0.3) is 0 Å². The van der Waals surface area contributed by atoms with Gasteiger partial charge in [0.1, 0.15) is 4.21 Å². The van der Waals surface area contributed by atoms with Crippen molar-refractivity contribution in [1.29, 1.82) is 0 Å². The quantitative estimate of drug-likeness (QED) is 0.607. The van der Waals surface area contributed by atoms with E-state index in [0.29, 0.717) is 13.0 Å². The summed E-state index contributed by atoms with van der Waals surface area (Å²) in [5, 5.41) is 6.33. The van der Waals surface area contributed by atoms with Gasteiger partial charge in [-0.15, -0.1) is 11.3 Å². The normalized spacial score (nSPS) is 11.4. The molecule has 8 heteroatoms. The van der Waals surface area contributed by atoms with Crippen LogP contribution in [-0.4, -0.2) is 34.7 Å². The van der Waals surface area contributed by atoms with Crippen molar-refractivity contribution < 1.29 is 22.7 Å². The first-order valence-corrected chi connectivity index (χ1v) is 7.15. The molecule has 0 radical (unpaired) electrons. The molecule has 0 bridgehead atoms. The Morgan fingerprint density at radius 3 is 2.71 bits per heavy atom. The number of ether oxygens (including phenoxy) is 2. The molecule has 2 N–H and O–H groups in total. The average Bonchev–Trinajstić information content (AvgIpc) is 2.72. The van der Waals surface area contributed by atoms with Crippen LogP contribution in [0.15, 0.2) is 15.7 Å². The average molecular weight is 279 g/mol. The van der Waals surface area contributed by atoms with Crippen molar-refractivity contribution in [2.45, 2.75) is 10.6 Å². The molecule has 0 spiro atoms. The number of hydrogen-bond acceptors (Lipinski definition) is 6. The molecule has 0 saturated heterocycles. The van der Waals surface area contributed by atoms with Crippen LogP contribution < -0.4 is 5.14 Å². The molecule has 0 aliphatic carbocycles. The molecule has 0 aliphatic rings. The number of nitrogens with two attached hydrogens (primary N) is 1. The van der Waals surface area contributed by atoms with E-state index < -0.39 is 16.0 Å². The molecule has 1 aromatic rings. The molecule has 1 aromatic heterocycles. The monoisotopic (exact) mass is 279 g/mol. The fourth-order valence-corrected chi connectivity index (χ4v) is 2.60. The van der Waals surface area contributed by atoms with Crippen LogP contribution in [0, 0.1) is 0 Å². The lowest BCUT2D eigenvalue weighted by Crippen LogP contribution is -2.11. The molecule has 0 unspecified atom stereocenters. The van der Waals surface area contributed by atoms with Gasteiger partial charge in [-0.1, -0.05) is 0 Å². The van der Waals surface area contributed by atoms with Crippen molar-refractivity contribution in [3.63, 3.8) is 0 Å². The maximum Gasteiger partial charge on any atom is 0.339 e. The maximum atomic E-state index is 11.5. The number of esters is 1. The van der Waals surface area contributed by atoms with Crippen LogP contribution in [0.25, 0.3) is 0 Å². The van der Waals surface area contributed by atoms with Crippen LogP contribution >= 0.6 is 11.3 Å². The molecule has 0 atom stereocenters. The topological polar surface area (TPSA) is 95.7 Å². The zero-order chi connectivity index (χ0) is 12.9. The van der Waals surface area contributed by atoms with Crippen LogP contribution in [0.4, 0.5) is 0 Å². The van der Waals surface area contributed by atoms with Gasteiger partial charge in [-0.05, 0) is 6.07 Å². The Bertz CT molecular complexity index is 479. The van der Waals surface area contributed by atoms with Crippen molar-refractivity contribution >= 4 is 27.3 Å². The van der Waals surface area contributed by atoms with Crippen LogP contribution in [0.5, 0.6) is 0 Å². The Morgan fingerprint density at radius 2 is 2.18 bits per heavy atom. The SMILES string of the molecule is COCCCOC(=O)c1csc(S(N)(=O)=O)c1. The number of carbonyl (C=O) groups is 1. The van der Waals surface area contributed by atoms with Crippen LogP contribution in [0.3, 0.4) is 0 Å². The molecule has 0 aliphatic heterocycles. The van der Waals surface area contributed by atoms with Gasteiger partial charge in [0.2, 0.25) is 10.0 Å². The highest BCUT2D eigenvalue weighted by atomic mass is 32.2. The Labute approximate surface area is 103 Å². The van der Waals surface area contributed by atoms with E-state index in [1.54, 1.807) is 7.11 Å². The van der Waals surface area contributed by atoms with E-state index in [9.17, 15) is 13.2 Å². The van der Waals surface area contributed by atoms with Gasteiger partial charge in [-0.25, -0.2) is 18.4 Å². The molecule has 0 aromatic carbocycles. The number of thiophene rings is 1. The first-order chi connectivity index (χ1) is 7.95. The van der Waals surface area contributed by atoms with Gasteiger partial charge >= 0.3 is 5.97 Å². The number of sulfonamides is 1.